The van der Waals surface area contributed by atoms with Crippen LogP contribution < -0.4 is 0 Å². The van der Waals surface area contributed by atoms with Crippen molar-refractivity contribution in [1.29, 1.82) is 0 Å². The maximum Gasteiger partial charge on any atom is 0.306 e. The van der Waals surface area contributed by atoms with Crippen molar-refractivity contribution in [2.24, 2.45) is 0 Å². The van der Waals surface area contributed by atoms with Crippen LogP contribution in [-0.4, -0.2) is 35.0 Å². The first kappa shape index (κ1) is 13.1. The molecule has 14 heavy (non-hydrogen) atoms. The number of carboxylic acid groups (broad SMARTS) is 1. The molecule has 0 radical (unpaired) electrons. The number of hydrogen-bond acceptors (Lipinski definition) is 3. The Hall–Kier alpha value is -0.870. The van der Waals surface area contributed by atoms with Crippen molar-refractivity contribution in [2.75, 3.05) is 7.11 Å². The van der Waals surface area contributed by atoms with Gasteiger partial charge in [0.15, 0.2) is 0 Å². The van der Waals surface area contributed by atoms with Crippen molar-refractivity contribution in [1.82, 2.24) is 0 Å². The Bertz CT molecular complexity index is 198. The van der Waals surface area contributed by atoms with Gasteiger partial charge in [-0.25, -0.2) is 0 Å². The Morgan fingerprint density at radius 3 is 2.57 bits per heavy atom. The van der Waals surface area contributed by atoms with E-state index in [0.717, 1.165) is 0 Å². The lowest BCUT2D eigenvalue weighted by molar-refractivity contribution is -0.151. The van der Waals surface area contributed by atoms with Crippen LogP contribution >= 0.6 is 0 Å². The van der Waals surface area contributed by atoms with E-state index in [4.69, 9.17) is 9.84 Å². The molecule has 2 atom stereocenters. The molecule has 0 rings (SSSR count). The van der Waals surface area contributed by atoms with E-state index < -0.39 is 17.7 Å². The molecule has 0 fully saturated rings. The van der Waals surface area contributed by atoms with Gasteiger partial charge in [0.2, 0.25) is 0 Å². The monoisotopic (exact) mass is 202 g/mol. The Morgan fingerprint density at radius 2 is 2.29 bits per heavy atom. The number of carboxylic acids is 1. The third kappa shape index (κ3) is 3.47. The smallest absolute Gasteiger partial charge is 0.306 e. The number of methoxy groups -OCH3 is 1. The van der Waals surface area contributed by atoms with Crippen LogP contribution in [0.25, 0.3) is 0 Å². The molecule has 0 heterocycles. The van der Waals surface area contributed by atoms with Crippen molar-refractivity contribution in [3.05, 3.63) is 12.7 Å². The van der Waals surface area contributed by atoms with Crippen molar-refractivity contribution in [3.8, 4) is 0 Å². The molecule has 0 aromatic heterocycles. The van der Waals surface area contributed by atoms with Crippen molar-refractivity contribution < 1.29 is 19.7 Å². The maximum atomic E-state index is 10.6. The van der Waals surface area contributed by atoms with Crippen molar-refractivity contribution in [2.45, 2.75) is 37.9 Å². The van der Waals surface area contributed by atoms with Gasteiger partial charge in [-0.2, -0.15) is 0 Å². The molecule has 0 bridgehead atoms. The Labute approximate surface area is 84.2 Å². The molecule has 0 aliphatic heterocycles. The number of hydrogen-bond donors (Lipinski definition) is 2. The second-order valence-electron chi connectivity index (χ2n) is 3.30. The van der Waals surface area contributed by atoms with E-state index in [1.807, 2.05) is 6.92 Å². The third-order valence-electron chi connectivity index (χ3n) is 2.21. The van der Waals surface area contributed by atoms with E-state index in [1.165, 1.54) is 13.2 Å². The van der Waals surface area contributed by atoms with Gasteiger partial charge in [0.05, 0.1) is 12.5 Å². The first-order valence-electron chi connectivity index (χ1n) is 4.58. The second kappa shape index (κ2) is 5.78. The summed E-state index contributed by atoms with van der Waals surface area (Å²) >= 11 is 0. The molecule has 0 saturated heterocycles. The van der Waals surface area contributed by atoms with E-state index in [9.17, 15) is 9.90 Å². The summed E-state index contributed by atoms with van der Waals surface area (Å²) in [6.45, 7) is 5.33. The van der Waals surface area contributed by atoms with Gasteiger partial charge >= 0.3 is 5.97 Å². The highest BCUT2D eigenvalue weighted by atomic mass is 16.5. The lowest BCUT2D eigenvalue weighted by Gasteiger charge is -2.32. The normalized spacial score (nSPS) is 17.1. The van der Waals surface area contributed by atoms with Gasteiger partial charge in [0, 0.05) is 7.11 Å². The van der Waals surface area contributed by atoms with Crippen LogP contribution in [0.2, 0.25) is 0 Å². The molecule has 0 unspecified atom stereocenters. The molecule has 0 amide bonds. The molecular formula is C10H18O4. The fourth-order valence-electron chi connectivity index (χ4n) is 1.60. The summed E-state index contributed by atoms with van der Waals surface area (Å²) in [4.78, 5) is 10.6. The summed E-state index contributed by atoms with van der Waals surface area (Å²) in [5, 5.41) is 18.7. The lowest BCUT2D eigenvalue weighted by atomic mass is 9.87. The van der Waals surface area contributed by atoms with Gasteiger partial charge in [0.1, 0.15) is 5.60 Å². The molecular weight excluding hydrogens is 184 g/mol. The molecule has 82 valence electrons. The number of aliphatic hydroxyl groups is 1. The summed E-state index contributed by atoms with van der Waals surface area (Å²) in [5.74, 6) is -1.04. The Kier molecular flexibility index (Phi) is 5.42. The van der Waals surface area contributed by atoms with E-state index in [1.54, 1.807) is 0 Å². The number of aliphatic carboxylic acids is 1. The summed E-state index contributed by atoms with van der Waals surface area (Å²) in [5.41, 5.74) is -1.35. The first-order chi connectivity index (χ1) is 6.50. The van der Waals surface area contributed by atoms with E-state index in [0.29, 0.717) is 6.42 Å². The summed E-state index contributed by atoms with van der Waals surface area (Å²) in [6, 6.07) is 0. The van der Waals surface area contributed by atoms with Gasteiger partial charge in [-0.1, -0.05) is 13.0 Å². The predicted octanol–water partition coefficient (Wildman–Crippen LogP) is 1.19. The van der Waals surface area contributed by atoms with Crippen LogP contribution in [0.5, 0.6) is 0 Å². The van der Waals surface area contributed by atoms with Crippen LogP contribution in [0.4, 0.5) is 0 Å². The Morgan fingerprint density at radius 1 is 1.71 bits per heavy atom. The average Bonchev–Trinajstić information content (AvgIpc) is 2.04. The summed E-state index contributed by atoms with van der Waals surface area (Å²) in [6.07, 6.45) is 1.48. The van der Waals surface area contributed by atoms with Gasteiger partial charge in [0.25, 0.3) is 0 Å². The van der Waals surface area contributed by atoms with Crippen molar-refractivity contribution >= 4 is 5.97 Å². The number of rotatable bonds is 7. The van der Waals surface area contributed by atoms with Gasteiger partial charge < -0.3 is 14.9 Å². The molecule has 0 aliphatic carbocycles. The third-order valence-corrected chi connectivity index (χ3v) is 2.21. The minimum Gasteiger partial charge on any atom is -0.481 e. The van der Waals surface area contributed by atoms with Crippen molar-refractivity contribution in [3.63, 3.8) is 0 Å². The predicted molar refractivity (Wildman–Crippen MR) is 53.1 cm³/mol. The molecule has 4 nitrogen and oxygen atoms in total. The summed E-state index contributed by atoms with van der Waals surface area (Å²) < 4.78 is 5.06. The van der Waals surface area contributed by atoms with Gasteiger partial charge in [-0.05, 0) is 12.8 Å². The van der Waals surface area contributed by atoms with E-state index in [-0.39, 0.29) is 12.8 Å². The van der Waals surface area contributed by atoms with Crippen LogP contribution in [0.1, 0.15) is 26.2 Å². The quantitative estimate of drug-likeness (QED) is 0.609. The molecule has 0 saturated carbocycles. The van der Waals surface area contributed by atoms with Gasteiger partial charge in [-0.15, -0.1) is 6.58 Å². The average molecular weight is 202 g/mol. The van der Waals surface area contributed by atoms with Crippen LogP contribution in [0.3, 0.4) is 0 Å². The zero-order valence-electron chi connectivity index (χ0n) is 8.69. The fourth-order valence-corrected chi connectivity index (χ4v) is 1.60. The van der Waals surface area contributed by atoms with Crippen LogP contribution in [-0.2, 0) is 9.53 Å². The molecule has 0 spiro atoms. The number of ether oxygens (including phenoxy) is 1. The minimum absolute atomic E-state index is 0.214. The van der Waals surface area contributed by atoms with Crippen LogP contribution in [0.15, 0.2) is 12.7 Å². The minimum atomic E-state index is -1.35. The first-order valence-corrected chi connectivity index (χ1v) is 4.58. The van der Waals surface area contributed by atoms with Crippen LogP contribution in [0, 0.1) is 0 Å². The molecule has 0 aromatic rings. The van der Waals surface area contributed by atoms with E-state index >= 15 is 0 Å². The fraction of sp³-hybridized carbons (Fsp3) is 0.700. The molecule has 4 heteroatoms. The van der Waals surface area contributed by atoms with E-state index in [2.05, 4.69) is 6.58 Å². The largest absolute Gasteiger partial charge is 0.481 e. The highest BCUT2D eigenvalue weighted by Crippen LogP contribution is 2.25. The second-order valence-corrected chi connectivity index (χ2v) is 3.30. The molecule has 0 aliphatic rings. The highest BCUT2D eigenvalue weighted by Gasteiger charge is 2.36. The number of carbonyl (C=O) groups is 1. The standard InChI is InChI=1S/C10H18O4/c1-4-6-10(13,7-9(11)12)8(5-2)14-3/h4,8,13H,1,5-7H2,2-3H3,(H,11,12)/t8-,10-/m0/s1. The SMILES string of the molecule is C=CC[C@](O)(CC(=O)O)[C@H](CC)OC. The molecule has 2 N–H and O–H groups in total. The maximum absolute atomic E-state index is 10.6. The zero-order valence-corrected chi connectivity index (χ0v) is 8.69. The van der Waals surface area contributed by atoms with Gasteiger partial charge in [-0.3, -0.25) is 4.79 Å². The summed E-state index contributed by atoms with van der Waals surface area (Å²) in [7, 11) is 1.46. The Balaban J connectivity index is 4.65. The topological polar surface area (TPSA) is 66.8 Å². The highest BCUT2D eigenvalue weighted by molar-refractivity contribution is 5.68. The zero-order chi connectivity index (χ0) is 11.2. The molecule has 0 aromatic carbocycles. The lowest BCUT2D eigenvalue weighted by Crippen LogP contribution is -2.44.